The van der Waals surface area contributed by atoms with Gasteiger partial charge < -0.3 is 15.6 Å². The van der Waals surface area contributed by atoms with Crippen LogP contribution >= 0.6 is 0 Å². The Bertz CT molecular complexity index is 684. The number of anilines is 1. The summed E-state index contributed by atoms with van der Waals surface area (Å²) < 4.78 is 4.66. The highest BCUT2D eigenvalue weighted by molar-refractivity contribution is 5.92. The molecule has 1 aromatic carbocycles. The number of nitrogens with zero attached hydrogens (tertiary/aromatic N) is 2. The van der Waals surface area contributed by atoms with Crippen LogP contribution in [0.25, 0.3) is 0 Å². The molecule has 0 spiro atoms. The van der Waals surface area contributed by atoms with Gasteiger partial charge in [-0.25, -0.2) is 0 Å². The van der Waals surface area contributed by atoms with E-state index in [4.69, 9.17) is 5.73 Å². The van der Waals surface area contributed by atoms with Gasteiger partial charge in [0.05, 0.1) is 12.6 Å². The molecule has 114 valence electrons. The molecule has 3 rings (SSSR count). The second-order valence-electron chi connectivity index (χ2n) is 5.23. The van der Waals surface area contributed by atoms with Gasteiger partial charge in [-0.3, -0.25) is 14.5 Å². The molecular weight excluding hydrogens is 284 g/mol. The largest absolute Gasteiger partial charge is 0.368 e. The number of carbonyl (C=O) groups excluding carboxylic acids is 2. The van der Waals surface area contributed by atoms with Crippen LogP contribution in [-0.2, 0) is 22.6 Å². The van der Waals surface area contributed by atoms with Crippen LogP contribution in [-0.4, -0.2) is 34.5 Å². The second-order valence-corrected chi connectivity index (χ2v) is 5.23. The van der Waals surface area contributed by atoms with Crippen molar-refractivity contribution in [3.63, 3.8) is 0 Å². The fraction of sp³-hybridized carbons (Fsp3) is 0.267. The van der Waals surface area contributed by atoms with E-state index in [9.17, 15) is 9.59 Å². The molecule has 1 aliphatic heterocycles. The second kappa shape index (κ2) is 5.98. The molecule has 7 heteroatoms. The van der Waals surface area contributed by atoms with Crippen molar-refractivity contribution in [2.75, 3.05) is 11.9 Å². The van der Waals surface area contributed by atoms with Crippen LogP contribution < -0.4 is 11.1 Å². The van der Waals surface area contributed by atoms with Gasteiger partial charge in [-0.1, -0.05) is 29.4 Å². The van der Waals surface area contributed by atoms with Gasteiger partial charge in [0.15, 0.2) is 5.82 Å². The Morgan fingerprint density at radius 2 is 2.09 bits per heavy atom. The zero-order chi connectivity index (χ0) is 15.5. The summed E-state index contributed by atoms with van der Waals surface area (Å²) >= 11 is 0. The molecule has 0 saturated carbocycles. The summed E-state index contributed by atoms with van der Waals surface area (Å²) in [5, 5.41) is 6.24. The van der Waals surface area contributed by atoms with Crippen LogP contribution in [0.5, 0.6) is 0 Å². The first-order valence-corrected chi connectivity index (χ1v) is 6.94. The molecule has 0 fully saturated rings. The average molecular weight is 300 g/mol. The number of carbonyl (C=O) groups is 2. The summed E-state index contributed by atoms with van der Waals surface area (Å²) in [6, 6.07) is 8.92. The van der Waals surface area contributed by atoms with Gasteiger partial charge in [-0.15, -0.1) is 0 Å². The first-order valence-electron chi connectivity index (χ1n) is 6.94. The highest BCUT2D eigenvalue weighted by Crippen LogP contribution is 2.23. The number of nitrogens with two attached hydrogens (primary N) is 1. The van der Waals surface area contributed by atoms with Crippen molar-refractivity contribution in [2.45, 2.75) is 19.0 Å². The number of fused-ring (bicyclic) bond motifs is 1. The zero-order valence-electron chi connectivity index (χ0n) is 11.9. The molecule has 2 aromatic rings. The van der Waals surface area contributed by atoms with E-state index in [1.807, 2.05) is 24.3 Å². The number of rotatable bonds is 4. The SMILES string of the molecule is NC(=O)[C@@H]1Cc2ccccc2CN1CC(=O)Nc1ccon1. The molecule has 1 atom stereocenters. The van der Waals surface area contributed by atoms with Gasteiger partial charge in [0.25, 0.3) is 0 Å². The maximum absolute atomic E-state index is 12.1. The quantitative estimate of drug-likeness (QED) is 0.857. The molecule has 0 radical (unpaired) electrons. The summed E-state index contributed by atoms with van der Waals surface area (Å²) in [5.74, 6) is -0.346. The lowest BCUT2D eigenvalue weighted by atomic mass is 9.93. The number of hydrogen-bond acceptors (Lipinski definition) is 5. The first kappa shape index (κ1) is 14.3. The molecule has 1 aliphatic rings. The third kappa shape index (κ3) is 2.99. The van der Waals surface area contributed by atoms with Crippen molar-refractivity contribution >= 4 is 17.6 Å². The van der Waals surface area contributed by atoms with E-state index in [0.717, 1.165) is 11.1 Å². The number of nitrogens with one attached hydrogen (secondary N) is 1. The van der Waals surface area contributed by atoms with E-state index in [1.54, 1.807) is 11.0 Å². The number of benzene rings is 1. The number of aromatic nitrogens is 1. The molecule has 1 aromatic heterocycles. The van der Waals surface area contributed by atoms with Gasteiger partial charge in [0, 0.05) is 12.6 Å². The zero-order valence-corrected chi connectivity index (χ0v) is 11.9. The van der Waals surface area contributed by atoms with Crippen LogP contribution in [0.1, 0.15) is 11.1 Å². The number of hydrogen-bond donors (Lipinski definition) is 2. The van der Waals surface area contributed by atoms with E-state index in [2.05, 4.69) is 15.0 Å². The molecule has 0 unspecified atom stereocenters. The summed E-state index contributed by atoms with van der Waals surface area (Å²) in [6.45, 7) is 0.574. The molecule has 22 heavy (non-hydrogen) atoms. The minimum absolute atomic E-state index is 0.0643. The van der Waals surface area contributed by atoms with Gasteiger partial charge in [0.2, 0.25) is 11.8 Å². The van der Waals surface area contributed by atoms with Gasteiger partial charge >= 0.3 is 0 Å². The Balaban J connectivity index is 1.73. The molecule has 0 saturated heterocycles. The Kier molecular flexibility index (Phi) is 3.88. The first-order chi connectivity index (χ1) is 10.6. The summed E-state index contributed by atoms with van der Waals surface area (Å²) in [4.78, 5) is 25.5. The smallest absolute Gasteiger partial charge is 0.239 e. The van der Waals surface area contributed by atoms with Crippen molar-refractivity contribution in [3.8, 4) is 0 Å². The monoisotopic (exact) mass is 300 g/mol. The van der Waals surface area contributed by atoms with Crippen LogP contribution in [0, 0.1) is 0 Å². The minimum atomic E-state index is -0.488. The summed E-state index contributed by atoms with van der Waals surface area (Å²) in [5.41, 5.74) is 7.69. The van der Waals surface area contributed by atoms with Crippen LogP contribution in [0.4, 0.5) is 5.82 Å². The van der Waals surface area contributed by atoms with E-state index in [0.29, 0.717) is 18.8 Å². The van der Waals surface area contributed by atoms with E-state index in [1.165, 1.54) is 6.26 Å². The lowest BCUT2D eigenvalue weighted by Gasteiger charge is -2.34. The predicted octanol–water partition coefficient (Wildman–Crippen LogP) is 0.525. The maximum atomic E-state index is 12.1. The Hall–Kier alpha value is -2.67. The topological polar surface area (TPSA) is 101 Å². The van der Waals surface area contributed by atoms with E-state index < -0.39 is 11.9 Å². The molecule has 0 aliphatic carbocycles. The normalized spacial score (nSPS) is 17.7. The third-order valence-electron chi connectivity index (χ3n) is 3.73. The van der Waals surface area contributed by atoms with Gasteiger partial charge in [0.1, 0.15) is 6.26 Å². The average Bonchev–Trinajstić information content (AvgIpc) is 2.99. The van der Waals surface area contributed by atoms with Crippen LogP contribution in [0.3, 0.4) is 0 Å². The summed E-state index contributed by atoms with van der Waals surface area (Å²) in [7, 11) is 0. The van der Waals surface area contributed by atoms with Crippen molar-refractivity contribution in [3.05, 3.63) is 47.7 Å². The van der Waals surface area contributed by atoms with Crippen molar-refractivity contribution in [1.29, 1.82) is 0 Å². The van der Waals surface area contributed by atoms with Crippen molar-refractivity contribution < 1.29 is 14.1 Å². The predicted molar refractivity (Wildman–Crippen MR) is 78.7 cm³/mol. The lowest BCUT2D eigenvalue weighted by molar-refractivity contribution is -0.125. The Morgan fingerprint density at radius 1 is 1.32 bits per heavy atom. The highest BCUT2D eigenvalue weighted by Gasteiger charge is 2.31. The molecule has 0 bridgehead atoms. The fourth-order valence-electron chi connectivity index (χ4n) is 2.67. The number of amides is 2. The summed E-state index contributed by atoms with van der Waals surface area (Å²) in [6.07, 6.45) is 1.89. The fourth-order valence-corrected chi connectivity index (χ4v) is 2.67. The highest BCUT2D eigenvalue weighted by atomic mass is 16.5. The number of primary amides is 1. The van der Waals surface area contributed by atoms with Crippen molar-refractivity contribution in [1.82, 2.24) is 10.1 Å². The van der Waals surface area contributed by atoms with Crippen LogP contribution in [0.15, 0.2) is 41.1 Å². The standard InChI is InChI=1S/C15H16N4O3/c16-15(21)12-7-10-3-1-2-4-11(10)8-19(12)9-14(20)17-13-5-6-22-18-13/h1-6,12H,7-9H2,(H2,16,21)(H,17,18,20)/t12-/m0/s1. The maximum Gasteiger partial charge on any atom is 0.239 e. The molecule has 2 amide bonds. The molecular formula is C15H16N4O3. The Labute approximate surface area is 127 Å². The molecule has 7 nitrogen and oxygen atoms in total. The van der Waals surface area contributed by atoms with Crippen LogP contribution in [0.2, 0.25) is 0 Å². The van der Waals surface area contributed by atoms with Gasteiger partial charge in [-0.2, -0.15) is 0 Å². The van der Waals surface area contributed by atoms with E-state index >= 15 is 0 Å². The molecule has 3 N–H and O–H groups in total. The Morgan fingerprint density at radius 3 is 2.77 bits per heavy atom. The molecule has 2 heterocycles. The van der Waals surface area contributed by atoms with E-state index in [-0.39, 0.29) is 12.5 Å². The van der Waals surface area contributed by atoms with Crippen molar-refractivity contribution in [2.24, 2.45) is 5.73 Å². The minimum Gasteiger partial charge on any atom is -0.368 e. The van der Waals surface area contributed by atoms with Gasteiger partial charge in [-0.05, 0) is 17.5 Å². The third-order valence-corrected chi connectivity index (χ3v) is 3.73. The lowest BCUT2D eigenvalue weighted by Crippen LogP contribution is -2.50.